The molecule has 196 valence electrons. The molecule has 4 aliphatic rings. The van der Waals surface area contributed by atoms with Crippen LogP contribution in [0.2, 0.25) is 0 Å². The third-order valence-corrected chi connectivity index (χ3v) is 10.8. The maximum atomic E-state index is 15.0. The quantitative estimate of drug-likeness (QED) is 0.589. The van der Waals surface area contributed by atoms with E-state index in [1.807, 2.05) is 12.1 Å². The first-order chi connectivity index (χ1) is 17.2. The monoisotopic (exact) mass is 517 g/mol. The molecule has 3 heterocycles. The number of sulfonamides is 1. The van der Waals surface area contributed by atoms with Crippen molar-refractivity contribution in [1.82, 2.24) is 9.29 Å². The molecule has 2 saturated carbocycles. The van der Waals surface area contributed by atoms with E-state index in [0.717, 1.165) is 61.8 Å². The van der Waals surface area contributed by atoms with Gasteiger partial charge in [-0.05, 0) is 80.2 Å². The molecule has 1 aromatic heterocycles. The van der Waals surface area contributed by atoms with Crippen LogP contribution in [-0.2, 0) is 19.5 Å². The molecule has 0 unspecified atom stereocenters. The molecule has 0 radical (unpaired) electrons. The zero-order valence-electron chi connectivity index (χ0n) is 21.0. The van der Waals surface area contributed by atoms with Gasteiger partial charge in [-0.1, -0.05) is 6.92 Å². The second kappa shape index (κ2) is 8.89. The number of halogens is 1. The summed E-state index contributed by atoms with van der Waals surface area (Å²) in [6.07, 6.45) is 6.32. The standard InChI is InChI=1S/C27H36FN3O4S/c1-25(8-10-27(11-9-25)34-16-17-35-27)19-29-24-7-2-20-18-22(5-6-23(20)30-24)36(32,33)31-14-12-26(28,13-15-31)21-3-4-21/h2,5-7,18,21H,3-4,8-17,19H2,1H3,(H,29,30). The smallest absolute Gasteiger partial charge is 0.243 e. The van der Waals surface area contributed by atoms with Crippen molar-refractivity contribution in [3.05, 3.63) is 30.3 Å². The number of aromatic nitrogens is 1. The summed E-state index contributed by atoms with van der Waals surface area (Å²) in [7, 11) is -3.66. The highest BCUT2D eigenvalue weighted by Crippen LogP contribution is 2.48. The van der Waals surface area contributed by atoms with Gasteiger partial charge in [0.15, 0.2) is 5.79 Å². The van der Waals surface area contributed by atoms with Crippen molar-refractivity contribution in [1.29, 1.82) is 0 Å². The Bertz CT molecular complexity index is 1220. The molecule has 9 heteroatoms. The first kappa shape index (κ1) is 24.5. The van der Waals surface area contributed by atoms with Crippen LogP contribution in [0.15, 0.2) is 35.2 Å². The molecular formula is C27H36FN3O4S. The van der Waals surface area contributed by atoms with E-state index in [1.54, 1.807) is 18.2 Å². The van der Waals surface area contributed by atoms with E-state index < -0.39 is 15.7 Å². The Balaban J connectivity index is 1.10. The molecule has 2 aliphatic heterocycles. The highest BCUT2D eigenvalue weighted by Gasteiger charge is 2.49. The van der Waals surface area contributed by atoms with Gasteiger partial charge >= 0.3 is 0 Å². The fourth-order valence-electron chi connectivity index (χ4n) is 6.12. The molecule has 36 heavy (non-hydrogen) atoms. The predicted molar refractivity (Wildman–Crippen MR) is 136 cm³/mol. The van der Waals surface area contributed by atoms with Crippen LogP contribution in [0.4, 0.5) is 10.2 Å². The van der Waals surface area contributed by atoms with Gasteiger partial charge in [-0.25, -0.2) is 17.8 Å². The number of hydrogen-bond acceptors (Lipinski definition) is 6. The maximum Gasteiger partial charge on any atom is 0.243 e. The van der Waals surface area contributed by atoms with Crippen LogP contribution < -0.4 is 5.32 Å². The van der Waals surface area contributed by atoms with Crippen molar-refractivity contribution in [2.75, 3.05) is 38.2 Å². The van der Waals surface area contributed by atoms with Gasteiger partial charge in [0.05, 0.1) is 23.6 Å². The number of rotatable bonds is 6. The number of piperidine rings is 1. The number of ether oxygens (including phenoxy) is 2. The fourth-order valence-corrected chi connectivity index (χ4v) is 7.60. The molecule has 2 aromatic rings. The minimum atomic E-state index is -3.66. The van der Waals surface area contributed by atoms with Crippen LogP contribution >= 0.6 is 0 Å². The third-order valence-electron chi connectivity index (χ3n) is 8.89. The SMILES string of the molecule is CC1(CNc2ccc3cc(S(=O)(=O)N4CCC(F)(C5CC5)CC4)ccc3n2)CCC2(CC1)OCCO2. The van der Waals surface area contributed by atoms with Crippen molar-refractivity contribution in [2.45, 2.75) is 74.6 Å². The van der Waals surface area contributed by atoms with Crippen LogP contribution in [0, 0.1) is 11.3 Å². The molecule has 1 aromatic carbocycles. The van der Waals surface area contributed by atoms with Crippen molar-refractivity contribution >= 4 is 26.7 Å². The summed E-state index contributed by atoms with van der Waals surface area (Å²) in [5, 5.41) is 4.27. The Labute approximate surface area is 212 Å². The summed E-state index contributed by atoms with van der Waals surface area (Å²) < 4.78 is 54.7. The number of nitrogens with one attached hydrogen (secondary N) is 1. The molecule has 1 N–H and O–H groups in total. The van der Waals surface area contributed by atoms with Gasteiger partial charge in [0.1, 0.15) is 11.5 Å². The summed E-state index contributed by atoms with van der Waals surface area (Å²) >= 11 is 0. The Morgan fingerprint density at radius 3 is 2.39 bits per heavy atom. The molecule has 7 nitrogen and oxygen atoms in total. The number of fused-ring (bicyclic) bond motifs is 1. The molecule has 4 fully saturated rings. The Hall–Kier alpha value is -1.81. The summed E-state index contributed by atoms with van der Waals surface area (Å²) in [6.45, 7) is 4.96. The Kier molecular flexibility index (Phi) is 6.06. The molecule has 0 atom stereocenters. The van der Waals surface area contributed by atoms with Gasteiger partial charge < -0.3 is 14.8 Å². The van der Waals surface area contributed by atoms with Crippen molar-refractivity contribution in [2.24, 2.45) is 11.3 Å². The molecule has 6 rings (SSSR count). The van der Waals surface area contributed by atoms with Crippen LogP contribution in [0.1, 0.15) is 58.3 Å². The lowest BCUT2D eigenvalue weighted by atomic mass is 9.73. The van der Waals surface area contributed by atoms with Crippen LogP contribution in [0.25, 0.3) is 10.9 Å². The third kappa shape index (κ3) is 4.64. The first-order valence-corrected chi connectivity index (χ1v) is 14.7. The van der Waals surface area contributed by atoms with E-state index in [4.69, 9.17) is 14.5 Å². The van der Waals surface area contributed by atoms with E-state index in [-0.39, 0.29) is 35.1 Å². The second-order valence-corrected chi connectivity index (χ2v) is 13.5. The number of nitrogens with zero attached hydrogens (tertiary/aromatic N) is 2. The zero-order valence-corrected chi connectivity index (χ0v) is 21.8. The lowest BCUT2D eigenvalue weighted by Gasteiger charge is -2.41. The number of pyridine rings is 1. The van der Waals surface area contributed by atoms with Crippen molar-refractivity contribution in [3.8, 4) is 0 Å². The van der Waals surface area contributed by atoms with E-state index in [1.165, 1.54) is 4.31 Å². The predicted octanol–water partition coefficient (Wildman–Crippen LogP) is 4.87. The Morgan fingerprint density at radius 2 is 1.72 bits per heavy atom. The summed E-state index contributed by atoms with van der Waals surface area (Å²) in [6, 6.07) is 8.89. The second-order valence-electron chi connectivity index (χ2n) is 11.5. The molecular weight excluding hydrogens is 481 g/mol. The van der Waals surface area contributed by atoms with E-state index >= 15 is 0 Å². The minimum absolute atomic E-state index is 0.129. The topological polar surface area (TPSA) is 80.8 Å². The fraction of sp³-hybridized carbons (Fsp3) is 0.667. The van der Waals surface area contributed by atoms with Crippen LogP contribution in [0.3, 0.4) is 0 Å². The molecule has 1 spiro atoms. The lowest BCUT2D eigenvalue weighted by molar-refractivity contribution is -0.189. The van der Waals surface area contributed by atoms with Gasteiger partial charge in [-0.15, -0.1) is 0 Å². The highest BCUT2D eigenvalue weighted by atomic mass is 32.2. The number of hydrogen-bond donors (Lipinski definition) is 1. The summed E-state index contributed by atoms with van der Waals surface area (Å²) in [4.78, 5) is 4.97. The van der Waals surface area contributed by atoms with Crippen LogP contribution in [0.5, 0.6) is 0 Å². The van der Waals surface area contributed by atoms with Crippen molar-refractivity contribution in [3.63, 3.8) is 0 Å². The van der Waals surface area contributed by atoms with Crippen LogP contribution in [-0.4, -0.2) is 62.0 Å². The molecule has 2 aliphatic carbocycles. The number of benzene rings is 1. The Morgan fingerprint density at radius 1 is 1.03 bits per heavy atom. The summed E-state index contributed by atoms with van der Waals surface area (Å²) in [5.74, 6) is 0.548. The normalized spacial score (nSPS) is 25.8. The average Bonchev–Trinajstić information content (AvgIpc) is 3.66. The van der Waals surface area contributed by atoms with Crippen molar-refractivity contribution < 1.29 is 22.3 Å². The van der Waals surface area contributed by atoms with Gasteiger partial charge in [-0.2, -0.15) is 4.31 Å². The van der Waals surface area contributed by atoms with Gasteiger partial charge in [0.2, 0.25) is 10.0 Å². The van der Waals surface area contributed by atoms with E-state index in [2.05, 4.69) is 12.2 Å². The van der Waals surface area contributed by atoms with Gasteiger partial charge in [-0.3, -0.25) is 0 Å². The minimum Gasteiger partial charge on any atom is -0.370 e. The number of alkyl halides is 1. The van der Waals surface area contributed by atoms with Gasteiger partial charge in [0, 0.05) is 37.9 Å². The highest BCUT2D eigenvalue weighted by molar-refractivity contribution is 7.89. The van der Waals surface area contributed by atoms with E-state index in [0.29, 0.717) is 26.1 Å². The molecule has 0 amide bonds. The summed E-state index contributed by atoms with van der Waals surface area (Å²) in [5.41, 5.74) is -0.299. The van der Waals surface area contributed by atoms with Gasteiger partial charge in [0.25, 0.3) is 0 Å². The largest absolute Gasteiger partial charge is 0.370 e. The van der Waals surface area contributed by atoms with E-state index in [9.17, 15) is 12.8 Å². The first-order valence-electron chi connectivity index (χ1n) is 13.3. The number of anilines is 1. The lowest BCUT2D eigenvalue weighted by Crippen LogP contribution is -2.45. The maximum absolute atomic E-state index is 15.0. The molecule has 0 bridgehead atoms. The average molecular weight is 518 g/mol. The zero-order chi connectivity index (χ0) is 25.0. The molecule has 2 saturated heterocycles.